The summed E-state index contributed by atoms with van der Waals surface area (Å²) in [7, 11) is 4.06. The average Bonchev–Trinajstić information content (AvgIpc) is 3.15. The molecule has 118 valence electrons. The van der Waals surface area contributed by atoms with E-state index in [-0.39, 0.29) is 6.04 Å². The molecule has 1 aromatic heterocycles. The Morgan fingerprint density at radius 2 is 1.91 bits per heavy atom. The van der Waals surface area contributed by atoms with Crippen molar-refractivity contribution in [3.63, 3.8) is 0 Å². The number of benzene rings is 1. The number of hydrogen-bond donors (Lipinski definition) is 1. The van der Waals surface area contributed by atoms with Crippen LogP contribution < -0.4 is 5.32 Å². The summed E-state index contributed by atoms with van der Waals surface area (Å²) >= 11 is 6.52. The van der Waals surface area contributed by atoms with E-state index in [9.17, 15) is 0 Å². The number of nitrogens with zero attached hydrogens (tertiary/aromatic N) is 3. The lowest BCUT2D eigenvalue weighted by Crippen LogP contribution is -2.34. The molecule has 1 N–H and O–H groups in total. The number of hydrogen-bond acceptors (Lipinski definition) is 3. The molecule has 0 saturated carbocycles. The molecule has 1 aliphatic rings. The van der Waals surface area contributed by atoms with Gasteiger partial charge in [0.2, 0.25) is 0 Å². The Balaban J connectivity index is 2.00. The molecule has 1 saturated heterocycles. The second-order valence-electron chi connectivity index (χ2n) is 5.85. The van der Waals surface area contributed by atoms with Gasteiger partial charge in [-0.1, -0.05) is 41.9 Å². The Morgan fingerprint density at radius 1 is 1.23 bits per heavy atom. The molecule has 3 rings (SSSR count). The predicted octanol–water partition coefficient (Wildman–Crippen LogP) is 3.10. The lowest BCUT2D eigenvalue weighted by atomic mass is 10.1. The second kappa shape index (κ2) is 6.82. The first-order valence-corrected chi connectivity index (χ1v) is 8.26. The summed E-state index contributed by atoms with van der Waals surface area (Å²) in [5, 5.41) is 3.92. The smallest absolute Gasteiger partial charge is 0.152 e. The van der Waals surface area contributed by atoms with E-state index < -0.39 is 0 Å². The molecule has 0 bridgehead atoms. The zero-order chi connectivity index (χ0) is 15.5. The highest BCUT2D eigenvalue weighted by molar-refractivity contribution is 6.30. The van der Waals surface area contributed by atoms with Gasteiger partial charge in [-0.25, -0.2) is 4.98 Å². The quantitative estimate of drug-likeness (QED) is 0.919. The molecular formula is C17H23ClN4. The Hall–Kier alpha value is -1.36. The van der Waals surface area contributed by atoms with Gasteiger partial charge in [0.05, 0.1) is 11.7 Å². The fourth-order valence-electron chi connectivity index (χ4n) is 3.33. The Labute approximate surface area is 137 Å². The largest absolute Gasteiger partial charge is 0.328 e. The zero-order valence-electron chi connectivity index (χ0n) is 13.2. The van der Waals surface area contributed by atoms with Gasteiger partial charge in [-0.3, -0.25) is 4.90 Å². The molecule has 0 spiro atoms. The monoisotopic (exact) mass is 318 g/mol. The third-order valence-electron chi connectivity index (χ3n) is 4.42. The van der Waals surface area contributed by atoms with E-state index in [2.05, 4.69) is 38.9 Å². The number of likely N-dealkylation sites (tertiary alicyclic amines) is 1. The molecule has 1 fully saturated rings. The van der Waals surface area contributed by atoms with Crippen LogP contribution in [0.2, 0.25) is 5.15 Å². The average molecular weight is 319 g/mol. The van der Waals surface area contributed by atoms with Crippen molar-refractivity contribution in [2.24, 2.45) is 7.05 Å². The number of aromatic nitrogens is 2. The molecule has 1 aromatic carbocycles. The van der Waals surface area contributed by atoms with Crippen LogP contribution in [0.1, 0.15) is 24.6 Å². The fourth-order valence-corrected chi connectivity index (χ4v) is 3.66. The third-order valence-corrected chi connectivity index (χ3v) is 4.70. The van der Waals surface area contributed by atoms with Crippen LogP contribution in [-0.2, 0) is 7.05 Å². The van der Waals surface area contributed by atoms with Crippen molar-refractivity contribution >= 4 is 11.6 Å². The van der Waals surface area contributed by atoms with Crippen LogP contribution in [0.25, 0.3) is 11.4 Å². The van der Waals surface area contributed by atoms with Crippen molar-refractivity contribution < 1.29 is 0 Å². The summed E-state index contributed by atoms with van der Waals surface area (Å²) in [5.41, 5.74) is 2.21. The third kappa shape index (κ3) is 2.91. The summed E-state index contributed by atoms with van der Waals surface area (Å²) in [5.74, 6) is 0.931. The van der Waals surface area contributed by atoms with Crippen molar-refractivity contribution in [2.75, 3.05) is 26.7 Å². The Bertz CT molecular complexity index is 617. The molecule has 2 aromatic rings. The molecule has 0 amide bonds. The number of imidazole rings is 1. The summed E-state index contributed by atoms with van der Waals surface area (Å²) in [6, 6.07) is 10.5. The van der Waals surface area contributed by atoms with Gasteiger partial charge in [0, 0.05) is 19.2 Å². The highest BCUT2D eigenvalue weighted by Crippen LogP contribution is 2.33. The Kier molecular flexibility index (Phi) is 4.81. The van der Waals surface area contributed by atoms with E-state index in [4.69, 9.17) is 11.6 Å². The number of rotatable bonds is 5. The van der Waals surface area contributed by atoms with Crippen LogP contribution in [0.3, 0.4) is 0 Å². The van der Waals surface area contributed by atoms with Crippen molar-refractivity contribution in [3.05, 3.63) is 41.2 Å². The van der Waals surface area contributed by atoms with Gasteiger partial charge in [-0.05, 0) is 33.0 Å². The van der Waals surface area contributed by atoms with Gasteiger partial charge in [0.15, 0.2) is 5.15 Å². The van der Waals surface area contributed by atoms with E-state index >= 15 is 0 Å². The van der Waals surface area contributed by atoms with Crippen molar-refractivity contribution in [3.8, 4) is 11.4 Å². The van der Waals surface area contributed by atoms with Crippen LogP contribution in [0.15, 0.2) is 30.3 Å². The van der Waals surface area contributed by atoms with Crippen LogP contribution >= 0.6 is 11.6 Å². The van der Waals surface area contributed by atoms with Crippen LogP contribution in [0.4, 0.5) is 0 Å². The molecule has 22 heavy (non-hydrogen) atoms. The zero-order valence-corrected chi connectivity index (χ0v) is 14.0. The van der Waals surface area contributed by atoms with Gasteiger partial charge in [0.1, 0.15) is 5.82 Å². The summed E-state index contributed by atoms with van der Waals surface area (Å²) in [6.45, 7) is 3.15. The van der Waals surface area contributed by atoms with E-state index in [1.54, 1.807) is 0 Å². The highest BCUT2D eigenvalue weighted by Gasteiger charge is 2.29. The van der Waals surface area contributed by atoms with Crippen LogP contribution in [0.5, 0.6) is 0 Å². The fraction of sp³-hybridized carbons (Fsp3) is 0.471. The summed E-state index contributed by atoms with van der Waals surface area (Å²) in [6.07, 6.45) is 2.53. The van der Waals surface area contributed by atoms with Crippen molar-refractivity contribution in [1.29, 1.82) is 0 Å². The van der Waals surface area contributed by atoms with E-state index in [1.807, 2.05) is 25.2 Å². The topological polar surface area (TPSA) is 33.1 Å². The van der Waals surface area contributed by atoms with E-state index in [0.717, 1.165) is 36.7 Å². The first kappa shape index (κ1) is 15.5. The lowest BCUT2D eigenvalue weighted by molar-refractivity contribution is 0.234. The first-order valence-electron chi connectivity index (χ1n) is 7.88. The summed E-state index contributed by atoms with van der Waals surface area (Å²) < 4.78 is 2.15. The molecule has 1 atom stereocenters. The Morgan fingerprint density at radius 3 is 2.55 bits per heavy atom. The minimum atomic E-state index is 0.273. The highest BCUT2D eigenvalue weighted by atomic mass is 35.5. The maximum Gasteiger partial charge on any atom is 0.152 e. The van der Waals surface area contributed by atoms with Crippen molar-refractivity contribution in [1.82, 2.24) is 19.8 Å². The van der Waals surface area contributed by atoms with Crippen LogP contribution in [0, 0.1) is 0 Å². The molecule has 1 aliphatic heterocycles. The molecule has 4 nitrogen and oxygen atoms in total. The number of halogens is 1. The SMILES string of the molecule is CNCC(c1c(Cl)nc(-c2ccccc2)n1C)N1CCCC1. The van der Waals surface area contributed by atoms with Crippen molar-refractivity contribution in [2.45, 2.75) is 18.9 Å². The number of nitrogens with one attached hydrogen (secondary N) is 1. The predicted molar refractivity (Wildman–Crippen MR) is 91.1 cm³/mol. The minimum Gasteiger partial charge on any atom is -0.328 e. The minimum absolute atomic E-state index is 0.273. The number of likely N-dealkylation sites (N-methyl/N-ethyl adjacent to an activating group) is 1. The van der Waals surface area contributed by atoms with Crippen LogP contribution in [-0.4, -0.2) is 41.1 Å². The van der Waals surface area contributed by atoms with Gasteiger partial charge in [0.25, 0.3) is 0 Å². The standard InChI is InChI=1S/C17H23ClN4/c1-19-12-14(22-10-6-7-11-22)15-16(18)20-17(21(15)2)13-8-4-3-5-9-13/h3-5,8-9,14,19H,6-7,10-12H2,1-2H3. The van der Waals surface area contributed by atoms with Gasteiger partial charge in [-0.15, -0.1) is 0 Å². The van der Waals surface area contributed by atoms with E-state index in [1.165, 1.54) is 12.8 Å². The second-order valence-corrected chi connectivity index (χ2v) is 6.21. The van der Waals surface area contributed by atoms with Gasteiger partial charge < -0.3 is 9.88 Å². The molecule has 0 radical (unpaired) electrons. The molecule has 1 unspecified atom stereocenters. The summed E-state index contributed by atoms with van der Waals surface area (Å²) in [4.78, 5) is 7.14. The molecule has 0 aliphatic carbocycles. The maximum absolute atomic E-state index is 6.52. The lowest BCUT2D eigenvalue weighted by Gasteiger charge is -2.28. The maximum atomic E-state index is 6.52. The first-order chi connectivity index (χ1) is 10.7. The van der Waals surface area contributed by atoms with Gasteiger partial charge >= 0.3 is 0 Å². The molecule has 2 heterocycles. The normalized spacial score (nSPS) is 17.0. The van der Waals surface area contributed by atoms with Gasteiger partial charge in [-0.2, -0.15) is 0 Å². The molecular weight excluding hydrogens is 296 g/mol. The van der Waals surface area contributed by atoms with E-state index in [0.29, 0.717) is 5.15 Å². The molecule has 5 heteroatoms.